The number of methoxy groups -OCH3 is 2. The molecule has 1 aromatic carbocycles. The van der Waals surface area contributed by atoms with Gasteiger partial charge < -0.3 is 14.8 Å². The van der Waals surface area contributed by atoms with Gasteiger partial charge in [0.2, 0.25) is 5.91 Å². The van der Waals surface area contributed by atoms with E-state index in [1.54, 1.807) is 49.6 Å². The first kappa shape index (κ1) is 17.4. The number of benzene rings is 1. The fraction of sp³-hybridized carbons (Fsp3) is 0.222. The van der Waals surface area contributed by atoms with Crippen molar-refractivity contribution in [2.24, 2.45) is 0 Å². The normalized spacial score (nSPS) is 10.4. The van der Waals surface area contributed by atoms with E-state index in [0.717, 1.165) is 11.1 Å². The summed E-state index contributed by atoms with van der Waals surface area (Å²) in [6.45, 7) is 0.328. The Morgan fingerprint density at radius 2 is 2.08 bits per heavy atom. The monoisotopic (exact) mass is 353 g/mol. The lowest BCUT2D eigenvalue weighted by Crippen LogP contribution is -2.25. The van der Waals surface area contributed by atoms with Crippen LogP contribution in [0.5, 0.6) is 11.5 Å². The van der Waals surface area contributed by atoms with E-state index in [9.17, 15) is 4.79 Å². The van der Waals surface area contributed by atoms with E-state index in [-0.39, 0.29) is 12.3 Å². The Balaban J connectivity index is 1.69. The number of carbonyl (C=O) groups is 1. The minimum Gasteiger partial charge on any atom is -0.497 e. The van der Waals surface area contributed by atoms with Crippen molar-refractivity contribution in [1.29, 1.82) is 0 Å². The molecule has 0 bridgehead atoms. The van der Waals surface area contributed by atoms with Gasteiger partial charge in [0, 0.05) is 23.9 Å². The molecule has 8 nitrogen and oxygen atoms in total. The Morgan fingerprint density at radius 3 is 2.81 bits per heavy atom. The lowest BCUT2D eigenvalue weighted by molar-refractivity contribution is -0.120. The fourth-order valence-electron chi connectivity index (χ4n) is 2.54. The Hall–Kier alpha value is -3.42. The van der Waals surface area contributed by atoms with Crippen LogP contribution in [0.3, 0.4) is 0 Å². The second kappa shape index (κ2) is 8.11. The highest BCUT2D eigenvalue weighted by Gasteiger charge is 2.12. The van der Waals surface area contributed by atoms with Crippen LogP contribution in [-0.4, -0.2) is 39.9 Å². The topological polar surface area (TPSA) is 91.2 Å². The van der Waals surface area contributed by atoms with E-state index < -0.39 is 0 Å². The van der Waals surface area contributed by atoms with Crippen LogP contribution < -0.4 is 14.8 Å². The number of nitrogens with one attached hydrogen (secondary N) is 1. The molecule has 3 rings (SSSR count). The molecule has 1 N–H and O–H groups in total. The van der Waals surface area contributed by atoms with Gasteiger partial charge in [-0.2, -0.15) is 5.10 Å². The van der Waals surface area contributed by atoms with Gasteiger partial charge in [-0.05, 0) is 24.3 Å². The standard InChI is InChI=1S/C18H19N5O3/c1-25-15-5-6-16(26-2)14(8-15)9-17(24)21-10-13-4-3-7-20-18(13)23-12-19-11-22-23/h3-8,11-12H,9-10H2,1-2H3,(H,21,24). The summed E-state index contributed by atoms with van der Waals surface area (Å²) < 4.78 is 12.1. The van der Waals surface area contributed by atoms with E-state index in [0.29, 0.717) is 23.9 Å². The largest absolute Gasteiger partial charge is 0.497 e. The van der Waals surface area contributed by atoms with Gasteiger partial charge in [-0.15, -0.1) is 0 Å². The molecule has 0 spiro atoms. The zero-order valence-electron chi connectivity index (χ0n) is 14.5. The lowest BCUT2D eigenvalue weighted by atomic mass is 10.1. The number of amides is 1. The van der Waals surface area contributed by atoms with Gasteiger partial charge in [-0.1, -0.05) is 6.07 Å². The fourth-order valence-corrected chi connectivity index (χ4v) is 2.54. The number of hydrogen-bond donors (Lipinski definition) is 1. The highest BCUT2D eigenvalue weighted by atomic mass is 16.5. The summed E-state index contributed by atoms with van der Waals surface area (Å²) in [5.41, 5.74) is 1.59. The number of aromatic nitrogens is 4. The third-order valence-electron chi connectivity index (χ3n) is 3.82. The molecule has 134 valence electrons. The van der Waals surface area contributed by atoms with Gasteiger partial charge in [0.25, 0.3) is 0 Å². The second-order valence-corrected chi connectivity index (χ2v) is 5.46. The molecule has 0 saturated heterocycles. The van der Waals surface area contributed by atoms with Crippen LogP contribution in [0.2, 0.25) is 0 Å². The predicted molar refractivity (Wildman–Crippen MR) is 94.3 cm³/mol. The average molecular weight is 353 g/mol. The second-order valence-electron chi connectivity index (χ2n) is 5.46. The van der Waals surface area contributed by atoms with E-state index in [1.165, 1.54) is 6.33 Å². The molecule has 0 unspecified atom stereocenters. The molecule has 0 aliphatic carbocycles. The van der Waals surface area contributed by atoms with Crippen LogP contribution >= 0.6 is 0 Å². The van der Waals surface area contributed by atoms with Crippen LogP contribution in [0.4, 0.5) is 0 Å². The Kier molecular flexibility index (Phi) is 5.43. The van der Waals surface area contributed by atoms with Crippen molar-refractivity contribution in [2.75, 3.05) is 14.2 Å². The molecule has 0 radical (unpaired) electrons. The van der Waals surface area contributed by atoms with Crippen LogP contribution in [0.1, 0.15) is 11.1 Å². The van der Waals surface area contributed by atoms with Crippen molar-refractivity contribution in [1.82, 2.24) is 25.1 Å². The molecule has 2 aromatic heterocycles. The summed E-state index contributed by atoms with van der Waals surface area (Å²) >= 11 is 0. The maximum Gasteiger partial charge on any atom is 0.224 e. The predicted octanol–water partition coefficient (Wildman–Crippen LogP) is 1.54. The van der Waals surface area contributed by atoms with E-state index in [4.69, 9.17) is 9.47 Å². The first-order valence-electron chi connectivity index (χ1n) is 7.97. The first-order chi connectivity index (χ1) is 12.7. The van der Waals surface area contributed by atoms with Gasteiger partial charge in [0.15, 0.2) is 5.82 Å². The van der Waals surface area contributed by atoms with E-state index in [2.05, 4.69) is 20.4 Å². The van der Waals surface area contributed by atoms with E-state index >= 15 is 0 Å². The Labute approximate surface area is 150 Å². The molecule has 0 fully saturated rings. The first-order valence-corrected chi connectivity index (χ1v) is 7.97. The molecular formula is C18H19N5O3. The van der Waals surface area contributed by atoms with E-state index in [1.807, 2.05) is 12.1 Å². The highest BCUT2D eigenvalue weighted by molar-refractivity contribution is 5.79. The summed E-state index contributed by atoms with van der Waals surface area (Å²) in [6, 6.07) is 9.07. The third-order valence-corrected chi connectivity index (χ3v) is 3.82. The van der Waals surface area contributed by atoms with Gasteiger partial charge in [0.1, 0.15) is 24.2 Å². The summed E-state index contributed by atoms with van der Waals surface area (Å²) in [7, 11) is 3.16. The lowest BCUT2D eigenvalue weighted by Gasteiger charge is -2.12. The van der Waals surface area contributed by atoms with Crippen molar-refractivity contribution in [3.8, 4) is 17.3 Å². The quantitative estimate of drug-likeness (QED) is 0.693. The number of pyridine rings is 1. The van der Waals surface area contributed by atoms with Crippen LogP contribution in [0, 0.1) is 0 Å². The Bertz CT molecular complexity index is 880. The van der Waals surface area contributed by atoms with Gasteiger partial charge in [-0.3, -0.25) is 4.79 Å². The smallest absolute Gasteiger partial charge is 0.224 e. The van der Waals surface area contributed by atoms with Gasteiger partial charge in [0.05, 0.1) is 20.6 Å². The van der Waals surface area contributed by atoms with Crippen molar-refractivity contribution < 1.29 is 14.3 Å². The minimum atomic E-state index is -0.134. The zero-order chi connectivity index (χ0) is 18.4. The van der Waals surface area contributed by atoms with Crippen molar-refractivity contribution in [3.05, 3.63) is 60.3 Å². The molecular weight excluding hydrogens is 334 g/mol. The van der Waals surface area contributed by atoms with Crippen molar-refractivity contribution in [3.63, 3.8) is 0 Å². The van der Waals surface area contributed by atoms with Crippen LogP contribution in [0.15, 0.2) is 49.2 Å². The van der Waals surface area contributed by atoms with Gasteiger partial charge in [-0.25, -0.2) is 14.6 Å². The number of nitrogens with zero attached hydrogens (tertiary/aromatic N) is 4. The molecule has 0 saturated carbocycles. The molecule has 2 heterocycles. The zero-order valence-corrected chi connectivity index (χ0v) is 14.5. The van der Waals surface area contributed by atoms with Gasteiger partial charge >= 0.3 is 0 Å². The average Bonchev–Trinajstić information content (AvgIpc) is 3.21. The summed E-state index contributed by atoms with van der Waals surface area (Å²) in [6.07, 6.45) is 4.85. The number of rotatable bonds is 7. The molecule has 0 aliphatic heterocycles. The SMILES string of the molecule is COc1ccc(OC)c(CC(=O)NCc2cccnc2-n2cncn2)c1. The Morgan fingerprint density at radius 1 is 1.19 bits per heavy atom. The molecule has 8 heteroatoms. The van der Waals surface area contributed by atoms with Crippen molar-refractivity contribution >= 4 is 5.91 Å². The third kappa shape index (κ3) is 3.97. The molecule has 26 heavy (non-hydrogen) atoms. The molecule has 3 aromatic rings. The van der Waals surface area contributed by atoms with Crippen LogP contribution in [-0.2, 0) is 17.8 Å². The summed E-state index contributed by atoms with van der Waals surface area (Å²) in [4.78, 5) is 20.6. The maximum atomic E-state index is 12.4. The van der Waals surface area contributed by atoms with Crippen molar-refractivity contribution in [2.45, 2.75) is 13.0 Å². The number of ether oxygens (including phenoxy) is 2. The molecule has 0 atom stereocenters. The number of hydrogen-bond acceptors (Lipinski definition) is 6. The molecule has 0 aliphatic rings. The number of carbonyl (C=O) groups excluding carboxylic acids is 1. The minimum absolute atomic E-state index is 0.134. The summed E-state index contributed by atoms with van der Waals surface area (Å²) in [5, 5.41) is 6.99. The highest BCUT2D eigenvalue weighted by Crippen LogP contribution is 2.24. The molecule has 1 amide bonds. The maximum absolute atomic E-state index is 12.4. The summed E-state index contributed by atoms with van der Waals surface area (Å²) in [5.74, 6) is 1.81. The van der Waals surface area contributed by atoms with Crippen LogP contribution in [0.25, 0.3) is 5.82 Å².